The summed E-state index contributed by atoms with van der Waals surface area (Å²) < 4.78 is 30.2. The third-order valence-electron chi connectivity index (χ3n) is 12.6. The van der Waals surface area contributed by atoms with Crippen molar-refractivity contribution >= 4 is 19.7 Å². The molecule has 0 rings (SSSR count). The summed E-state index contributed by atoms with van der Waals surface area (Å²) in [6, 6.07) is -0.918. The highest BCUT2D eigenvalue weighted by molar-refractivity contribution is 7.45. The fourth-order valence-corrected chi connectivity index (χ4v) is 8.69. The highest BCUT2D eigenvalue weighted by Crippen LogP contribution is 2.38. The fraction of sp³-hybridized carbons (Fsp3) is 0.742. The maximum atomic E-state index is 13.5. The Kier molecular flexibility index (Phi) is 49.6. The Morgan fingerprint density at radius 2 is 0.889 bits per heavy atom. The van der Waals surface area contributed by atoms with Crippen LogP contribution in [-0.4, -0.2) is 69.4 Å². The second kappa shape index (κ2) is 51.7. The van der Waals surface area contributed by atoms with Crippen LogP contribution in [0.15, 0.2) is 85.1 Å². The van der Waals surface area contributed by atoms with Crippen LogP contribution in [-0.2, 0) is 27.9 Å². The summed E-state index contributed by atoms with van der Waals surface area (Å²) in [6.07, 6.45) is 66.9. The number of carbonyl (C=O) groups is 2. The highest BCUT2D eigenvalue weighted by Gasteiger charge is 2.27. The molecule has 0 aliphatic heterocycles. The van der Waals surface area contributed by atoms with E-state index >= 15 is 0 Å². The second-order valence-electron chi connectivity index (χ2n) is 20.8. The lowest BCUT2D eigenvalue weighted by atomic mass is 10.1. The van der Waals surface area contributed by atoms with Gasteiger partial charge in [0.25, 0.3) is 7.82 Å². The number of unbranched alkanes of at least 4 members (excludes halogenated alkanes) is 25. The lowest BCUT2D eigenvalue weighted by Gasteiger charge is -2.30. The van der Waals surface area contributed by atoms with Crippen LogP contribution in [0.2, 0.25) is 0 Å². The van der Waals surface area contributed by atoms with Gasteiger partial charge in [0.15, 0.2) is 0 Å². The van der Waals surface area contributed by atoms with Gasteiger partial charge in [-0.1, -0.05) is 215 Å². The third kappa shape index (κ3) is 52.1. The lowest BCUT2D eigenvalue weighted by Crippen LogP contribution is -2.47. The van der Waals surface area contributed by atoms with E-state index in [2.05, 4.69) is 99.0 Å². The first-order valence-corrected chi connectivity index (χ1v) is 30.9. The number of carbonyl (C=O) groups excluding carboxylic acids is 2. The first kappa shape index (κ1) is 69.2. The van der Waals surface area contributed by atoms with Crippen molar-refractivity contribution in [2.75, 3.05) is 40.9 Å². The molecule has 0 saturated carbocycles. The number of phosphoric ester groups is 1. The van der Waals surface area contributed by atoms with E-state index < -0.39 is 26.6 Å². The van der Waals surface area contributed by atoms with Crippen molar-refractivity contribution < 1.29 is 37.3 Å². The van der Waals surface area contributed by atoms with Crippen molar-refractivity contribution in [3.63, 3.8) is 0 Å². The number of allylic oxidation sites excluding steroid dienone is 13. The van der Waals surface area contributed by atoms with Gasteiger partial charge in [-0.05, 0) is 102 Å². The van der Waals surface area contributed by atoms with Gasteiger partial charge in [0, 0.05) is 12.8 Å². The van der Waals surface area contributed by atoms with Crippen molar-refractivity contribution in [3.8, 4) is 0 Å². The van der Waals surface area contributed by atoms with Gasteiger partial charge in [-0.25, -0.2) is 0 Å². The zero-order valence-electron chi connectivity index (χ0n) is 47.4. The predicted octanol–water partition coefficient (Wildman–Crippen LogP) is 17.2. The molecule has 1 amide bonds. The Hall–Kier alpha value is -2.81. The molecule has 0 saturated heterocycles. The van der Waals surface area contributed by atoms with Crippen LogP contribution in [0.4, 0.5) is 0 Å². The molecular formula is C62H111N2O7P. The van der Waals surface area contributed by atoms with Gasteiger partial charge >= 0.3 is 5.97 Å². The summed E-state index contributed by atoms with van der Waals surface area (Å²) in [5.41, 5.74) is 0. The van der Waals surface area contributed by atoms with Crippen molar-refractivity contribution in [1.29, 1.82) is 0 Å². The number of ether oxygens (including phenoxy) is 1. The van der Waals surface area contributed by atoms with Gasteiger partial charge in [0.1, 0.15) is 19.3 Å². The molecule has 9 nitrogen and oxygen atoms in total. The smallest absolute Gasteiger partial charge is 0.306 e. The highest BCUT2D eigenvalue weighted by atomic mass is 31.2. The molecule has 416 valence electrons. The van der Waals surface area contributed by atoms with E-state index in [-0.39, 0.29) is 31.3 Å². The summed E-state index contributed by atoms with van der Waals surface area (Å²) in [5, 5.41) is 2.99. The molecule has 0 fully saturated rings. The summed E-state index contributed by atoms with van der Waals surface area (Å²) in [4.78, 5) is 39.8. The van der Waals surface area contributed by atoms with Gasteiger partial charge in [0.05, 0.1) is 33.8 Å². The van der Waals surface area contributed by atoms with Crippen LogP contribution in [0, 0.1) is 0 Å². The Morgan fingerprint density at radius 3 is 1.38 bits per heavy atom. The SMILES string of the molecule is CCCCC/C=C\C/C=C\C/C=C\C/C=C\CCCCCC(=O)OC(/C=C/CCCCCCCCCCC)C(COP(=O)([O-])OCC[N+](C)(C)C)NC(=O)CCCCC/C=C/C=C/CCCCCCCCC. The van der Waals surface area contributed by atoms with E-state index in [9.17, 15) is 19.0 Å². The molecule has 3 atom stereocenters. The number of phosphoric acid groups is 1. The molecule has 0 aromatic carbocycles. The lowest BCUT2D eigenvalue weighted by molar-refractivity contribution is -0.870. The van der Waals surface area contributed by atoms with Crippen molar-refractivity contribution in [2.24, 2.45) is 0 Å². The number of hydrogen-bond donors (Lipinski definition) is 1. The third-order valence-corrected chi connectivity index (χ3v) is 13.5. The second-order valence-corrected chi connectivity index (χ2v) is 22.2. The minimum atomic E-state index is -4.71. The van der Waals surface area contributed by atoms with E-state index in [0.717, 1.165) is 83.5 Å². The van der Waals surface area contributed by atoms with Gasteiger partial charge in [-0.15, -0.1) is 0 Å². The minimum absolute atomic E-state index is 0.0362. The summed E-state index contributed by atoms with van der Waals surface area (Å²) >= 11 is 0. The van der Waals surface area contributed by atoms with Crippen LogP contribution in [0.5, 0.6) is 0 Å². The summed E-state index contributed by atoms with van der Waals surface area (Å²) in [6.45, 7) is 6.75. The van der Waals surface area contributed by atoms with Crippen LogP contribution in [0.25, 0.3) is 0 Å². The zero-order valence-corrected chi connectivity index (χ0v) is 48.3. The summed E-state index contributed by atoms with van der Waals surface area (Å²) in [7, 11) is 1.14. The number of nitrogens with zero attached hydrogens (tertiary/aromatic N) is 1. The molecule has 0 spiro atoms. The molecule has 0 bridgehead atoms. The topological polar surface area (TPSA) is 114 Å². The van der Waals surface area contributed by atoms with Crippen molar-refractivity contribution in [2.45, 2.75) is 258 Å². The molecule has 0 aromatic rings. The van der Waals surface area contributed by atoms with Crippen molar-refractivity contribution in [3.05, 3.63) is 85.1 Å². The average Bonchev–Trinajstić information content (AvgIpc) is 3.34. The number of likely N-dealkylation sites (N-methyl/N-ethyl adjacent to an activating group) is 1. The number of esters is 1. The average molecular weight is 1030 g/mol. The first-order chi connectivity index (χ1) is 34.9. The molecule has 0 aromatic heterocycles. The molecule has 72 heavy (non-hydrogen) atoms. The number of quaternary nitrogens is 1. The number of nitrogens with one attached hydrogen (secondary N) is 1. The number of rotatable bonds is 52. The fourth-order valence-electron chi connectivity index (χ4n) is 7.97. The quantitative estimate of drug-likeness (QED) is 0.0161. The Labute approximate surface area is 444 Å². The normalized spacial score (nSPS) is 14.4. The minimum Gasteiger partial charge on any atom is -0.756 e. The molecule has 3 unspecified atom stereocenters. The predicted molar refractivity (Wildman–Crippen MR) is 307 cm³/mol. The molecule has 10 heteroatoms. The molecule has 0 radical (unpaired) electrons. The molecule has 0 heterocycles. The van der Waals surface area contributed by atoms with Gasteiger partial charge in [-0.2, -0.15) is 0 Å². The number of amides is 1. The van der Waals surface area contributed by atoms with E-state index in [0.29, 0.717) is 23.9 Å². The Bertz CT molecular complexity index is 1510. The van der Waals surface area contributed by atoms with E-state index in [1.807, 2.05) is 33.3 Å². The molecule has 0 aliphatic carbocycles. The van der Waals surface area contributed by atoms with E-state index in [1.165, 1.54) is 116 Å². The van der Waals surface area contributed by atoms with Gasteiger partial charge < -0.3 is 28.5 Å². The zero-order chi connectivity index (χ0) is 52.9. The van der Waals surface area contributed by atoms with Gasteiger partial charge in [0.2, 0.25) is 5.91 Å². The van der Waals surface area contributed by atoms with Crippen molar-refractivity contribution in [1.82, 2.24) is 5.32 Å². The van der Waals surface area contributed by atoms with E-state index in [4.69, 9.17) is 13.8 Å². The first-order valence-electron chi connectivity index (χ1n) is 29.4. The van der Waals surface area contributed by atoms with E-state index in [1.54, 1.807) is 0 Å². The van der Waals surface area contributed by atoms with Gasteiger partial charge in [-0.3, -0.25) is 14.2 Å². The van der Waals surface area contributed by atoms with Crippen LogP contribution in [0.1, 0.15) is 245 Å². The number of hydrogen-bond acceptors (Lipinski definition) is 7. The largest absolute Gasteiger partial charge is 0.756 e. The summed E-state index contributed by atoms with van der Waals surface area (Å²) in [5.74, 6) is -0.612. The van der Waals surface area contributed by atoms with Crippen LogP contribution >= 0.6 is 7.82 Å². The monoisotopic (exact) mass is 1030 g/mol. The maximum absolute atomic E-state index is 13.5. The molecule has 1 N–H and O–H groups in total. The standard InChI is InChI=1S/C62H111N2O7P/c1-7-10-13-16-19-22-25-27-29-31-32-33-35-37-40-43-46-49-52-55-62(66)71-60(53-50-47-44-41-38-24-21-18-15-12-9-3)59(58-70-72(67,68)69-57-56-64(4,5)6)63-61(65)54-51-48-45-42-39-36-34-30-28-26-23-20-17-14-11-8-2/h19,22,27,29-30,32-34,36-37,39-40,50,53,59-60H,7-18,20-21,23-26,28,31,35,38,41-49,51-52,54-58H2,1-6H3,(H-,63,65,67,68)/b22-19-,29-27-,33-32-,34-30+,39-36+,40-37-,53-50+. The van der Waals surface area contributed by atoms with Crippen LogP contribution in [0.3, 0.4) is 0 Å². The molecule has 0 aliphatic rings. The maximum Gasteiger partial charge on any atom is 0.306 e. The van der Waals surface area contributed by atoms with Crippen LogP contribution < -0.4 is 10.2 Å². The Balaban J connectivity index is 5.41. The Morgan fingerprint density at radius 1 is 0.500 bits per heavy atom. The molecular weight excluding hydrogens is 916 g/mol.